The summed E-state index contributed by atoms with van der Waals surface area (Å²) >= 11 is 0. The highest BCUT2D eigenvalue weighted by Gasteiger charge is 2.49. The first-order valence-electron chi connectivity index (χ1n) is 5.81. The maximum Gasteiger partial charge on any atom is 0.230 e. The molecule has 17 heavy (non-hydrogen) atoms. The van der Waals surface area contributed by atoms with Crippen molar-refractivity contribution in [3.05, 3.63) is 29.8 Å². The van der Waals surface area contributed by atoms with Gasteiger partial charge in [0.15, 0.2) is 0 Å². The molecule has 1 fully saturated rings. The Balaban J connectivity index is 2.02. The van der Waals surface area contributed by atoms with Crippen molar-refractivity contribution in [1.29, 1.82) is 0 Å². The van der Waals surface area contributed by atoms with Crippen LogP contribution in [0.2, 0.25) is 0 Å². The van der Waals surface area contributed by atoms with Gasteiger partial charge in [0, 0.05) is 20.1 Å². The Morgan fingerprint density at radius 2 is 2.24 bits per heavy atom. The van der Waals surface area contributed by atoms with E-state index in [1.807, 2.05) is 6.07 Å². The molecular formula is C13H18N2O2. The molecule has 92 valence electrons. The fraction of sp³-hybridized carbons (Fsp3) is 0.462. The minimum Gasteiger partial charge on any atom is -0.508 e. The summed E-state index contributed by atoms with van der Waals surface area (Å²) in [5.74, 6) is 0.339. The minimum atomic E-state index is -0.300. The molecule has 3 N–H and O–H groups in total. The van der Waals surface area contributed by atoms with E-state index in [1.165, 1.54) is 0 Å². The SMILES string of the molecule is CN(Cc1cccc(O)c1)C(=O)C1(CN)CC1. The van der Waals surface area contributed by atoms with Crippen LogP contribution in [0, 0.1) is 5.41 Å². The molecule has 4 heteroatoms. The van der Waals surface area contributed by atoms with Crippen molar-refractivity contribution >= 4 is 5.91 Å². The molecule has 0 saturated heterocycles. The monoisotopic (exact) mass is 234 g/mol. The number of aromatic hydroxyl groups is 1. The third kappa shape index (κ3) is 2.42. The molecule has 1 aliphatic carbocycles. The van der Waals surface area contributed by atoms with E-state index in [0.717, 1.165) is 18.4 Å². The van der Waals surface area contributed by atoms with Gasteiger partial charge in [-0.1, -0.05) is 12.1 Å². The molecule has 0 spiro atoms. The highest BCUT2D eigenvalue weighted by molar-refractivity contribution is 5.85. The van der Waals surface area contributed by atoms with Crippen LogP contribution in [0.1, 0.15) is 18.4 Å². The number of carbonyl (C=O) groups is 1. The maximum atomic E-state index is 12.1. The largest absolute Gasteiger partial charge is 0.508 e. The topological polar surface area (TPSA) is 66.6 Å². The van der Waals surface area contributed by atoms with Gasteiger partial charge in [0.2, 0.25) is 5.91 Å². The van der Waals surface area contributed by atoms with E-state index < -0.39 is 0 Å². The summed E-state index contributed by atoms with van der Waals surface area (Å²) in [6.07, 6.45) is 1.79. The smallest absolute Gasteiger partial charge is 0.230 e. The second-order valence-electron chi connectivity index (χ2n) is 4.82. The van der Waals surface area contributed by atoms with Gasteiger partial charge in [-0.25, -0.2) is 0 Å². The Kier molecular flexibility index (Phi) is 3.07. The number of phenols is 1. The Hall–Kier alpha value is -1.55. The molecule has 0 bridgehead atoms. The van der Waals surface area contributed by atoms with Crippen LogP contribution in [0.4, 0.5) is 0 Å². The summed E-state index contributed by atoms with van der Waals surface area (Å²) in [4.78, 5) is 13.8. The molecule has 1 amide bonds. The van der Waals surface area contributed by atoms with Crippen LogP contribution in [-0.4, -0.2) is 29.5 Å². The number of carbonyl (C=O) groups excluding carboxylic acids is 1. The fourth-order valence-corrected chi connectivity index (χ4v) is 2.06. The summed E-state index contributed by atoms with van der Waals surface area (Å²) in [5, 5.41) is 9.36. The first kappa shape index (κ1) is 11.9. The van der Waals surface area contributed by atoms with E-state index in [0.29, 0.717) is 13.1 Å². The highest BCUT2D eigenvalue weighted by atomic mass is 16.3. The van der Waals surface area contributed by atoms with Gasteiger partial charge in [0.05, 0.1) is 5.41 Å². The van der Waals surface area contributed by atoms with E-state index in [2.05, 4.69) is 0 Å². The van der Waals surface area contributed by atoms with Crippen LogP contribution in [0.3, 0.4) is 0 Å². The molecule has 1 saturated carbocycles. The number of phenolic OH excluding ortho intramolecular Hbond substituents is 1. The Labute approximate surface area is 101 Å². The highest BCUT2D eigenvalue weighted by Crippen LogP contribution is 2.46. The van der Waals surface area contributed by atoms with E-state index in [-0.39, 0.29) is 17.1 Å². The van der Waals surface area contributed by atoms with Crippen molar-refractivity contribution in [2.75, 3.05) is 13.6 Å². The van der Waals surface area contributed by atoms with Crippen LogP contribution in [0.15, 0.2) is 24.3 Å². The zero-order valence-corrected chi connectivity index (χ0v) is 10.0. The quantitative estimate of drug-likeness (QED) is 0.819. The first-order chi connectivity index (χ1) is 8.07. The zero-order valence-electron chi connectivity index (χ0n) is 10.0. The molecule has 0 radical (unpaired) electrons. The Bertz CT molecular complexity index is 427. The number of benzene rings is 1. The lowest BCUT2D eigenvalue weighted by atomic mass is 10.1. The van der Waals surface area contributed by atoms with E-state index in [4.69, 9.17) is 5.73 Å². The first-order valence-corrected chi connectivity index (χ1v) is 5.81. The molecule has 1 aromatic rings. The molecule has 0 heterocycles. The van der Waals surface area contributed by atoms with E-state index >= 15 is 0 Å². The minimum absolute atomic E-state index is 0.114. The normalized spacial score (nSPS) is 16.6. The molecule has 0 unspecified atom stereocenters. The average Bonchev–Trinajstić information content (AvgIpc) is 3.09. The third-order valence-electron chi connectivity index (χ3n) is 3.37. The van der Waals surface area contributed by atoms with Gasteiger partial charge in [-0.05, 0) is 30.5 Å². The lowest BCUT2D eigenvalue weighted by molar-refractivity contribution is -0.135. The standard InChI is InChI=1S/C13H18N2O2/c1-15(12(17)13(9-14)5-6-13)8-10-3-2-4-11(16)7-10/h2-4,7,16H,5-6,8-9,14H2,1H3. The third-order valence-corrected chi connectivity index (χ3v) is 3.37. The molecular weight excluding hydrogens is 216 g/mol. The van der Waals surface area contributed by atoms with Crippen LogP contribution in [0.5, 0.6) is 5.75 Å². The number of nitrogens with two attached hydrogens (primary N) is 1. The summed E-state index contributed by atoms with van der Waals surface area (Å²) in [6.45, 7) is 0.936. The zero-order chi connectivity index (χ0) is 12.5. The fourth-order valence-electron chi connectivity index (χ4n) is 2.06. The number of nitrogens with zero attached hydrogens (tertiary/aromatic N) is 1. The maximum absolute atomic E-state index is 12.1. The summed E-state index contributed by atoms with van der Waals surface area (Å²) < 4.78 is 0. The molecule has 1 aromatic carbocycles. The van der Waals surface area contributed by atoms with Crippen molar-refractivity contribution in [1.82, 2.24) is 4.90 Å². The predicted octanol–water partition coefficient (Wildman–Crippen LogP) is 1.09. The molecule has 0 aromatic heterocycles. The number of rotatable bonds is 4. The molecule has 0 atom stereocenters. The van der Waals surface area contributed by atoms with E-state index in [1.54, 1.807) is 30.1 Å². The number of hydrogen-bond acceptors (Lipinski definition) is 3. The van der Waals surface area contributed by atoms with Gasteiger partial charge in [0.25, 0.3) is 0 Å². The van der Waals surface area contributed by atoms with Crippen LogP contribution in [-0.2, 0) is 11.3 Å². The van der Waals surface area contributed by atoms with Crippen molar-refractivity contribution < 1.29 is 9.90 Å². The average molecular weight is 234 g/mol. The Morgan fingerprint density at radius 1 is 1.53 bits per heavy atom. The lowest BCUT2D eigenvalue weighted by Gasteiger charge is -2.22. The number of hydrogen-bond donors (Lipinski definition) is 2. The van der Waals surface area contributed by atoms with E-state index in [9.17, 15) is 9.90 Å². The van der Waals surface area contributed by atoms with Crippen molar-refractivity contribution in [3.63, 3.8) is 0 Å². The van der Waals surface area contributed by atoms with Crippen molar-refractivity contribution in [2.45, 2.75) is 19.4 Å². The Morgan fingerprint density at radius 3 is 2.76 bits per heavy atom. The van der Waals surface area contributed by atoms with Gasteiger partial charge >= 0.3 is 0 Å². The lowest BCUT2D eigenvalue weighted by Crippen LogP contribution is -2.37. The second kappa shape index (κ2) is 4.37. The van der Waals surface area contributed by atoms with Crippen LogP contribution < -0.4 is 5.73 Å². The summed E-state index contributed by atoms with van der Waals surface area (Å²) in [5.41, 5.74) is 6.26. The predicted molar refractivity (Wildman–Crippen MR) is 65.3 cm³/mol. The van der Waals surface area contributed by atoms with Crippen molar-refractivity contribution in [3.8, 4) is 5.75 Å². The summed E-state index contributed by atoms with van der Waals surface area (Å²) in [6, 6.07) is 6.96. The van der Waals surface area contributed by atoms with Gasteiger partial charge in [-0.2, -0.15) is 0 Å². The van der Waals surface area contributed by atoms with Crippen molar-refractivity contribution in [2.24, 2.45) is 11.1 Å². The number of amides is 1. The van der Waals surface area contributed by atoms with Gasteiger partial charge in [-0.15, -0.1) is 0 Å². The van der Waals surface area contributed by atoms with Crippen LogP contribution in [0.25, 0.3) is 0 Å². The molecule has 0 aliphatic heterocycles. The molecule has 2 rings (SSSR count). The van der Waals surface area contributed by atoms with Gasteiger partial charge in [0.1, 0.15) is 5.75 Å². The molecule has 1 aliphatic rings. The van der Waals surface area contributed by atoms with Crippen LogP contribution >= 0.6 is 0 Å². The molecule has 4 nitrogen and oxygen atoms in total. The van der Waals surface area contributed by atoms with Gasteiger partial charge < -0.3 is 15.7 Å². The van der Waals surface area contributed by atoms with Gasteiger partial charge in [-0.3, -0.25) is 4.79 Å². The second-order valence-corrected chi connectivity index (χ2v) is 4.82. The summed E-state index contributed by atoms with van der Waals surface area (Å²) in [7, 11) is 1.78.